The summed E-state index contributed by atoms with van der Waals surface area (Å²) in [5.74, 6) is 0. The van der Waals surface area contributed by atoms with Gasteiger partial charge in [-0.3, -0.25) is 0 Å². The van der Waals surface area contributed by atoms with Crippen molar-refractivity contribution in [3.05, 3.63) is 146 Å². The van der Waals surface area contributed by atoms with E-state index in [1.165, 1.54) is 49.7 Å². The Morgan fingerprint density at radius 3 is 1.79 bits per heavy atom. The number of hydrogen-bond donors (Lipinski definition) is 1. The molecule has 2 heteroatoms. The zero-order valence-corrected chi connectivity index (χ0v) is 20.9. The molecule has 0 saturated carbocycles. The third kappa shape index (κ3) is 3.75. The van der Waals surface area contributed by atoms with E-state index in [1.54, 1.807) is 0 Å². The van der Waals surface area contributed by atoms with Crippen LogP contribution in [0, 0.1) is 0 Å². The van der Waals surface area contributed by atoms with Crippen molar-refractivity contribution in [2.75, 3.05) is 5.73 Å². The monoisotopic (exact) mass is 486 g/mol. The van der Waals surface area contributed by atoms with Crippen LogP contribution in [0.5, 0.6) is 0 Å². The fourth-order valence-corrected chi connectivity index (χ4v) is 5.52. The fraction of sp³-hybridized carbons (Fsp3) is 0. The Kier molecular flexibility index (Phi) is 5.30. The van der Waals surface area contributed by atoms with Crippen LogP contribution in [0.1, 0.15) is 0 Å². The molecule has 7 rings (SSSR count). The number of fused-ring (bicyclic) bond motifs is 3. The Morgan fingerprint density at radius 1 is 0.395 bits per heavy atom. The number of anilines is 1. The summed E-state index contributed by atoms with van der Waals surface area (Å²) in [5, 5.41) is 2.52. The Hall–Kier alpha value is -5.08. The molecule has 2 nitrogen and oxygen atoms in total. The first kappa shape index (κ1) is 22.1. The molecule has 0 bridgehead atoms. The average Bonchev–Trinajstić information content (AvgIpc) is 3.32. The summed E-state index contributed by atoms with van der Waals surface area (Å²) in [5.41, 5.74) is 17.6. The van der Waals surface area contributed by atoms with E-state index in [9.17, 15) is 0 Å². The lowest BCUT2D eigenvalue weighted by Crippen LogP contribution is -1.92. The number of nitrogen functional groups attached to an aromatic ring is 1. The first-order valence-electron chi connectivity index (χ1n) is 12.9. The highest BCUT2D eigenvalue weighted by molar-refractivity contribution is 6.10. The van der Waals surface area contributed by atoms with Gasteiger partial charge < -0.3 is 10.3 Å². The van der Waals surface area contributed by atoms with Gasteiger partial charge in [-0.25, -0.2) is 0 Å². The van der Waals surface area contributed by atoms with Crippen molar-refractivity contribution in [1.29, 1.82) is 0 Å². The van der Waals surface area contributed by atoms with Gasteiger partial charge in [0.15, 0.2) is 0 Å². The molecule has 0 atom stereocenters. The summed E-state index contributed by atoms with van der Waals surface area (Å²) < 4.78 is 2.35. The Morgan fingerprint density at radius 2 is 1.00 bits per heavy atom. The second-order valence-corrected chi connectivity index (χ2v) is 9.67. The first-order chi connectivity index (χ1) is 18.8. The van der Waals surface area contributed by atoms with E-state index in [0.29, 0.717) is 0 Å². The van der Waals surface area contributed by atoms with Crippen LogP contribution in [0.4, 0.5) is 5.69 Å². The fourth-order valence-electron chi connectivity index (χ4n) is 5.52. The first-order valence-corrected chi connectivity index (χ1v) is 12.9. The van der Waals surface area contributed by atoms with Gasteiger partial charge in [0.25, 0.3) is 0 Å². The minimum absolute atomic E-state index is 0.768. The zero-order valence-electron chi connectivity index (χ0n) is 20.9. The number of aromatic nitrogens is 1. The molecule has 2 N–H and O–H groups in total. The molecule has 7 aromatic rings. The summed E-state index contributed by atoms with van der Waals surface area (Å²) in [4.78, 5) is 0. The third-order valence-corrected chi connectivity index (χ3v) is 7.34. The van der Waals surface area contributed by atoms with E-state index in [1.807, 2.05) is 12.1 Å². The molecule has 1 heterocycles. The molecule has 0 amide bonds. The van der Waals surface area contributed by atoms with Crippen molar-refractivity contribution in [3.8, 4) is 39.1 Å². The Balaban J connectivity index is 1.33. The Labute approximate surface area is 222 Å². The van der Waals surface area contributed by atoms with Gasteiger partial charge in [0, 0.05) is 22.1 Å². The SMILES string of the molecule is Nc1ccc(-c2ccccc2)c(-c2ccc(-c3ccc4c(c3)c3ccccc3n4-c3ccccc3)cc2)c1. The normalized spacial score (nSPS) is 11.3. The lowest BCUT2D eigenvalue weighted by molar-refractivity contribution is 1.18. The highest BCUT2D eigenvalue weighted by Crippen LogP contribution is 2.37. The second kappa shape index (κ2) is 9.10. The van der Waals surface area contributed by atoms with Crippen LogP contribution in [-0.2, 0) is 0 Å². The van der Waals surface area contributed by atoms with Crippen molar-refractivity contribution in [3.63, 3.8) is 0 Å². The predicted molar refractivity (Wildman–Crippen MR) is 162 cm³/mol. The maximum atomic E-state index is 6.20. The lowest BCUT2D eigenvalue weighted by Gasteiger charge is -2.12. The van der Waals surface area contributed by atoms with Crippen LogP contribution in [-0.4, -0.2) is 4.57 Å². The molecule has 0 fully saturated rings. The molecule has 0 aliphatic rings. The topological polar surface area (TPSA) is 30.9 Å². The highest BCUT2D eigenvalue weighted by Gasteiger charge is 2.13. The summed E-state index contributed by atoms with van der Waals surface area (Å²) >= 11 is 0. The number of nitrogens with zero attached hydrogens (tertiary/aromatic N) is 1. The van der Waals surface area contributed by atoms with Gasteiger partial charge in [-0.15, -0.1) is 0 Å². The van der Waals surface area contributed by atoms with E-state index >= 15 is 0 Å². The molecule has 180 valence electrons. The van der Waals surface area contributed by atoms with E-state index in [0.717, 1.165) is 16.8 Å². The average molecular weight is 487 g/mol. The highest BCUT2D eigenvalue weighted by atomic mass is 15.0. The van der Waals surface area contributed by atoms with Gasteiger partial charge in [-0.2, -0.15) is 0 Å². The number of rotatable bonds is 4. The van der Waals surface area contributed by atoms with Gasteiger partial charge in [0.2, 0.25) is 0 Å². The number of hydrogen-bond acceptors (Lipinski definition) is 1. The largest absolute Gasteiger partial charge is 0.399 e. The molecule has 0 aliphatic carbocycles. The predicted octanol–water partition coefficient (Wildman–Crippen LogP) is 9.37. The van der Waals surface area contributed by atoms with Crippen LogP contribution in [0.25, 0.3) is 60.9 Å². The van der Waals surface area contributed by atoms with Crippen LogP contribution in [0.15, 0.2) is 146 Å². The molecule has 0 unspecified atom stereocenters. The van der Waals surface area contributed by atoms with Gasteiger partial charge in [-0.05, 0) is 75.8 Å². The van der Waals surface area contributed by atoms with Crippen LogP contribution in [0.2, 0.25) is 0 Å². The van der Waals surface area contributed by atoms with Crippen LogP contribution in [0.3, 0.4) is 0 Å². The molecule has 0 saturated heterocycles. The molecule has 0 radical (unpaired) electrons. The van der Waals surface area contributed by atoms with Gasteiger partial charge in [-0.1, -0.05) is 103 Å². The van der Waals surface area contributed by atoms with Crippen molar-refractivity contribution in [2.45, 2.75) is 0 Å². The molecule has 1 aromatic heterocycles. The number of para-hydroxylation sites is 2. The van der Waals surface area contributed by atoms with Crippen LogP contribution < -0.4 is 5.73 Å². The molecular formula is C36H26N2. The zero-order chi connectivity index (χ0) is 25.5. The summed E-state index contributed by atoms with van der Waals surface area (Å²) in [6.07, 6.45) is 0. The molecule has 0 aliphatic heterocycles. The molecule has 0 spiro atoms. The van der Waals surface area contributed by atoms with E-state index in [2.05, 4.69) is 138 Å². The van der Waals surface area contributed by atoms with Crippen molar-refractivity contribution in [2.24, 2.45) is 0 Å². The minimum atomic E-state index is 0.768. The van der Waals surface area contributed by atoms with E-state index in [-0.39, 0.29) is 0 Å². The molecular weight excluding hydrogens is 460 g/mol. The van der Waals surface area contributed by atoms with Crippen molar-refractivity contribution in [1.82, 2.24) is 4.57 Å². The van der Waals surface area contributed by atoms with Crippen molar-refractivity contribution < 1.29 is 0 Å². The third-order valence-electron chi connectivity index (χ3n) is 7.34. The van der Waals surface area contributed by atoms with Gasteiger partial charge in [0.1, 0.15) is 0 Å². The summed E-state index contributed by atoms with van der Waals surface area (Å²) in [7, 11) is 0. The van der Waals surface area contributed by atoms with Gasteiger partial charge in [0.05, 0.1) is 11.0 Å². The van der Waals surface area contributed by atoms with Gasteiger partial charge >= 0.3 is 0 Å². The summed E-state index contributed by atoms with van der Waals surface area (Å²) in [6, 6.07) is 51.5. The standard InChI is InChI=1S/C36H26N2/c37-29-20-21-31(26-9-3-1-4-10-26)33(24-29)27-17-15-25(16-18-27)28-19-22-36-34(23-28)32-13-7-8-14-35(32)38(36)30-11-5-2-6-12-30/h1-24H,37H2. The van der Waals surface area contributed by atoms with Crippen LogP contribution >= 0.6 is 0 Å². The maximum Gasteiger partial charge on any atom is 0.0541 e. The van der Waals surface area contributed by atoms with E-state index < -0.39 is 0 Å². The quantitative estimate of drug-likeness (QED) is 0.247. The number of benzene rings is 6. The number of nitrogens with two attached hydrogens (primary N) is 1. The van der Waals surface area contributed by atoms with E-state index in [4.69, 9.17) is 5.73 Å². The second-order valence-electron chi connectivity index (χ2n) is 9.67. The minimum Gasteiger partial charge on any atom is -0.399 e. The lowest BCUT2D eigenvalue weighted by atomic mass is 9.93. The summed E-state index contributed by atoms with van der Waals surface area (Å²) in [6.45, 7) is 0. The van der Waals surface area contributed by atoms with Crippen molar-refractivity contribution >= 4 is 27.5 Å². The maximum absolute atomic E-state index is 6.20. The Bertz CT molecular complexity index is 1900. The molecule has 6 aromatic carbocycles. The smallest absolute Gasteiger partial charge is 0.0541 e. The molecule has 38 heavy (non-hydrogen) atoms.